The molecule has 2 heterocycles. The van der Waals surface area contributed by atoms with Crippen molar-refractivity contribution in [3.05, 3.63) is 163 Å². The fraction of sp³-hybridized carbons (Fsp3) is 0.118. The normalized spacial score (nSPS) is 15.7. The monoisotopic (exact) mass is 727 g/mol. The first-order valence-corrected chi connectivity index (χ1v) is 16.3. The minimum Gasteiger partial charge on any atom is -0.487 e. The standard InChI is InChI=1S/C34H23Br2N3O4S/c35-24-15-23(32(28(36)18-24)43-19-20-7-2-1-3-8-20)17-29-33(40)38-31(22-10-6-11-25(16-22)39(41)42)27-14-13-21-9-4-5-12-26(21)30(27)37-34(38)44-29/h1-12,15-18,31H,13-14,19H2/b29-17-. The summed E-state index contributed by atoms with van der Waals surface area (Å²) in [5.74, 6) is 0.617. The Balaban J connectivity index is 1.41. The predicted octanol–water partition coefficient (Wildman–Crippen LogP) is 7.33. The first-order chi connectivity index (χ1) is 21.4. The number of halogens is 2. The van der Waals surface area contributed by atoms with Crippen molar-refractivity contribution in [2.75, 3.05) is 0 Å². The second kappa shape index (κ2) is 11.8. The average molecular weight is 729 g/mol. The van der Waals surface area contributed by atoms with Crippen LogP contribution in [-0.4, -0.2) is 9.49 Å². The van der Waals surface area contributed by atoms with Crippen LogP contribution in [0.3, 0.4) is 0 Å². The summed E-state index contributed by atoms with van der Waals surface area (Å²) in [5.41, 5.74) is 6.28. The van der Waals surface area contributed by atoms with Crippen LogP contribution >= 0.6 is 43.2 Å². The molecule has 218 valence electrons. The molecule has 0 bridgehead atoms. The van der Waals surface area contributed by atoms with Crippen LogP contribution in [0.2, 0.25) is 0 Å². The Morgan fingerprint density at radius 3 is 2.61 bits per heavy atom. The lowest BCUT2D eigenvalue weighted by atomic mass is 9.83. The van der Waals surface area contributed by atoms with Crippen LogP contribution < -0.4 is 19.6 Å². The van der Waals surface area contributed by atoms with Crippen LogP contribution in [0, 0.1) is 10.1 Å². The van der Waals surface area contributed by atoms with Gasteiger partial charge in [-0.05, 0) is 69.2 Å². The number of ether oxygens (including phenoxy) is 1. The van der Waals surface area contributed by atoms with Gasteiger partial charge < -0.3 is 4.74 Å². The number of aryl methyl sites for hydroxylation is 1. The van der Waals surface area contributed by atoms with E-state index in [9.17, 15) is 14.9 Å². The van der Waals surface area contributed by atoms with Gasteiger partial charge in [0.25, 0.3) is 11.2 Å². The number of nitro groups is 1. The number of non-ortho nitro benzene ring substituents is 1. The minimum atomic E-state index is -0.514. The van der Waals surface area contributed by atoms with Crippen LogP contribution in [0.5, 0.6) is 5.75 Å². The second-order valence-electron chi connectivity index (χ2n) is 10.5. The maximum atomic E-state index is 14.3. The molecule has 1 atom stereocenters. The number of hydrogen-bond donors (Lipinski definition) is 0. The van der Waals surface area contributed by atoms with Gasteiger partial charge in [0.05, 0.1) is 25.7 Å². The highest BCUT2D eigenvalue weighted by Gasteiger charge is 2.33. The van der Waals surface area contributed by atoms with E-state index >= 15 is 0 Å². The third kappa shape index (κ3) is 5.27. The largest absolute Gasteiger partial charge is 0.487 e. The number of nitrogens with zero attached hydrogens (tertiary/aromatic N) is 3. The molecule has 0 spiro atoms. The molecule has 4 aromatic carbocycles. The van der Waals surface area contributed by atoms with Gasteiger partial charge in [0.15, 0.2) is 4.80 Å². The van der Waals surface area contributed by atoms with Crippen molar-refractivity contribution in [2.24, 2.45) is 4.99 Å². The summed E-state index contributed by atoms with van der Waals surface area (Å²) in [4.78, 5) is 31.2. The number of fused-ring (bicyclic) bond motifs is 3. The highest BCUT2D eigenvalue weighted by atomic mass is 79.9. The van der Waals surface area contributed by atoms with E-state index in [1.54, 1.807) is 16.7 Å². The van der Waals surface area contributed by atoms with Gasteiger partial charge in [0.1, 0.15) is 12.4 Å². The zero-order chi connectivity index (χ0) is 30.4. The summed E-state index contributed by atoms with van der Waals surface area (Å²) < 4.78 is 10.0. The molecule has 0 amide bonds. The number of hydrogen-bond acceptors (Lipinski definition) is 6. The highest BCUT2D eigenvalue weighted by molar-refractivity contribution is 9.11. The maximum Gasteiger partial charge on any atom is 0.271 e. The van der Waals surface area contributed by atoms with Gasteiger partial charge in [-0.1, -0.05) is 94.0 Å². The summed E-state index contributed by atoms with van der Waals surface area (Å²) in [6.07, 6.45) is 3.33. The Labute approximate surface area is 272 Å². The Bertz CT molecular complexity index is 2170. The quantitative estimate of drug-likeness (QED) is 0.135. The number of nitro benzene ring substituents is 1. The Kier molecular flexibility index (Phi) is 7.65. The second-order valence-corrected chi connectivity index (χ2v) is 13.3. The lowest BCUT2D eigenvalue weighted by Crippen LogP contribution is -2.38. The smallest absolute Gasteiger partial charge is 0.271 e. The molecule has 1 unspecified atom stereocenters. The minimum absolute atomic E-state index is 0.0146. The van der Waals surface area contributed by atoms with E-state index < -0.39 is 11.0 Å². The van der Waals surface area contributed by atoms with E-state index in [0.29, 0.717) is 33.7 Å². The first kappa shape index (κ1) is 28.6. The number of thiazole rings is 1. The lowest BCUT2D eigenvalue weighted by molar-refractivity contribution is -0.384. The van der Waals surface area contributed by atoms with Gasteiger partial charge in [-0.3, -0.25) is 19.5 Å². The highest BCUT2D eigenvalue weighted by Crippen LogP contribution is 2.42. The molecule has 1 aromatic heterocycles. The molecule has 10 heteroatoms. The molecular formula is C34H23Br2N3O4S. The van der Waals surface area contributed by atoms with Crippen molar-refractivity contribution in [1.29, 1.82) is 0 Å². The fourth-order valence-corrected chi connectivity index (χ4v) is 8.21. The Morgan fingerprint density at radius 1 is 1.00 bits per heavy atom. The molecule has 0 saturated heterocycles. The van der Waals surface area contributed by atoms with Crippen molar-refractivity contribution in [3.8, 4) is 5.75 Å². The molecule has 2 aliphatic rings. The molecule has 5 aromatic rings. The van der Waals surface area contributed by atoms with E-state index in [4.69, 9.17) is 9.73 Å². The lowest BCUT2D eigenvalue weighted by Gasteiger charge is -2.30. The average Bonchev–Trinajstić information content (AvgIpc) is 3.34. The molecule has 1 aliphatic heterocycles. The van der Waals surface area contributed by atoms with Crippen molar-refractivity contribution in [1.82, 2.24) is 4.57 Å². The van der Waals surface area contributed by atoms with Gasteiger partial charge in [0, 0.05) is 27.7 Å². The predicted molar refractivity (Wildman–Crippen MR) is 178 cm³/mol. The number of rotatable bonds is 6. The van der Waals surface area contributed by atoms with Crippen LogP contribution in [0.15, 0.2) is 115 Å². The third-order valence-electron chi connectivity index (χ3n) is 7.82. The Hall–Kier alpha value is -4.12. The van der Waals surface area contributed by atoms with Crippen LogP contribution in [0.25, 0.3) is 11.8 Å². The van der Waals surface area contributed by atoms with Crippen molar-refractivity contribution >= 4 is 60.7 Å². The molecule has 0 fully saturated rings. The van der Waals surface area contributed by atoms with Crippen LogP contribution in [-0.2, 0) is 13.0 Å². The Morgan fingerprint density at radius 2 is 1.80 bits per heavy atom. The van der Waals surface area contributed by atoms with Gasteiger partial charge >= 0.3 is 0 Å². The van der Waals surface area contributed by atoms with E-state index in [1.807, 2.05) is 66.7 Å². The van der Waals surface area contributed by atoms with E-state index in [1.165, 1.54) is 23.0 Å². The SMILES string of the molecule is O=c1/c(=C/c2cc(Br)cc(Br)c2OCc2ccccc2)sc2n1C(c1cccc([N+](=O)[O-])c1)C1=C(N=2)c2ccccc2CC1. The van der Waals surface area contributed by atoms with Crippen molar-refractivity contribution < 1.29 is 9.66 Å². The summed E-state index contributed by atoms with van der Waals surface area (Å²) in [7, 11) is 0. The molecule has 44 heavy (non-hydrogen) atoms. The summed E-state index contributed by atoms with van der Waals surface area (Å²) in [6, 6.07) is 27.9. The number of benzene rings is 4. The van der Waals surface area contributed by atoms with Gasteiger partial charge in [-0.25, -0.2) is 4.99 Å². The third-order valence-corrected chi connectivity index (χ3v) is 9.85. The molecular weight excluding hydrogens is 706 g/mol. The first-order valence-electron chi connectivity index (χ1n) is 13.9. The number of allylic oxidation sites excluding steroid dienone is 1. The van der Waals surface area contributed by atoms with Crippen molar-refractivity contribution in [2.45, 2.75) is 25.5 Å². The molecule has 0 saturated carbocycles. The molecule has 0 radical (unpaired) electrons. The van der Waals surface area contributed by atoms with Gasteiger partial charge in [-0.15, -0.1) is 0 Å². The zero-order valence-corrected chi connectivity index (χ0v) is 27.1. The zero-order valence-electron chi connectivity index (χ0n) is 23.1. The molecule has 1 aliphatic carbocycles. The topological polar surface area (TPSA) is 86.7 Å². The summed E-state index contributed by atoms with van der Waals surface area (Å²) in [5, 5.41) is 11.7. The summed E-state index contributed by atoms with van der Waals surface area (Å²) in [6.45, 7) is 0.363. The van der Waals surface area contributed by atoms with Gasteiger partial charge in [0.2, 0.25) is 0 Å². The number of aromatic nitrogens is 1. The van der Waals surface area contributed by atoms with Crippen molar-refractivity contribution in [3.63, 3.8) is 0 Å². The fourth-order valence-electron chi connectivity index (χ4n) is 5.84. The van der Waals surface area contributed by atoms with E-state index in [0.717, 1.165) is 43.3 Å². The van der Waals surface area contributed by atoms with Crippen LogP contribution in [0.1, 0.15) is 40.3 Å². The summed E-state index contributed by atoms with van der Waals surface area (Å²) >= 11 is 8.53. The molecule has 0 N–H and O–H groups in total. The van der Waals surface area contributed by atoms with Gasteiger partial charge in [-0.2, -0.15) is 0 Å². The van der Waals surface area contributed by atoms with E-state index in [-0.39, 0.29) is 11.2 Å². The molecule has 7 rings (SSSR count). The van der Waals surface area contributed by atoms with Crippen LogP contribution in [0.4, 0.5) is 5.69 Å². The maximum absolute atomic E-state index is 14.3. The van der Waals surface area contributed by atoms with E-state index in [2.05, 4.69) is 44.0 Å². The molecule has 7 nitrogen and oxygen atoms in total.